The molecule has 1 atom stereocenters. The maximum atomic E-state index is 12.5. The van der Waals surface area contributed by atoms with Gasteiger partial charge >= 0.3 is 5.97 Å². The van der Waals surface area contributed by atoms with Crippen molar-refractivity contribution in [1.29, 1.82) is 0 Å². The van der Waals surface area contributed by atoms with E-state index in [2.05, 4.69) is 5.32 Å². The molecule has 6 nitrogen and oxygen atoms in total. The van der Waals surface area contributed by atoms with Gasteiger partial charge in [0, 0.05) is 5.02 Å². The molecule has 1 aliphatic heterocycles. The zero-order valence-electron chi connectivity index (χ0n) is 13.5. The summed E-state index contributed by atoms with van der Waals surface area (Å²) in [5.74, 6) is -1.09. The molecule has 0 radical (unpaired) electrons. The predicted molar refractivity (Wildman–Crippen MR) is 98.6 cm³/mol. The Morgan fingerprint density at radius 2 is 2.16 bits per heavy atom. The van der Waals surface area contributed by atoms with E-state index in [4.69, 9.17) is 27.9 Å². The lowest BCUT2D eigenvalue weighted by molar-refractivity contribution is -0.137. The molecule has 9 heteroatoms. The number of anilines is 1. The smallest absolute Gasteiger partial charge is 0.333 e. The number of hydrogen-bond acceptors (Lipinski definition) is 5. The average Bonchev–Trinajstić information content (AvgIpc) is 2.90. The van der Waals surface area contributed by atoms with Crippen LogP contribution in [-0.2, 0) is 19.1 Å². The Hall–Kier alpha value is -1.70. The third-order valence-corrected chi connectivity index (χ3v) is 4.88. The van der Waals surface area contributed by atoms with Crippen molar-refractivity contribution < 1.29 is 19.1 Å². The summed E-state index contributed by atoms with van der Waals surface area (Å²) < 4.78 is 4.85. The Morgan fingerprint density at radius 3 is 2.80 bits per heavy atom. The van der Waals surface area contributed by atoms with E-state index < -0.39 is 17.9 Å². The molecule has 1 saturated heterocycles. The molecule has 1 aromatic rings. The van der Waals surface area contributed by atoms with Crippen molar-refractivity contribution >= 4 is 58.4 Å². The number of hydrogen-bond donors (Lipinski definition) is 1. The first-order chi connectivity index (χ1) is 11.8. The number of nitrogens with zero attached hydrogens (tertiary/aromatic N) is 1. The molecule has 1 aliphatic rings. The van der Waals surface area contributed by atoms with Crippen LogP contribution in [0.3, 0.4) is 0 Å². The molecule has 25 heavy (non-hydrogen) atoms. The number of nitrogens with one attached hydrogen (secondary N) is 1. The molecular weight excluding hydrogens is 387 g/mol. The van der Waals surface area contributed by atoms with Crippen molar-refractivity contribution in [3.05, 3.63) is 39.3 Å². The van der Waals surface area contributed by atoms with Crippen LogP contribution in [0.25, 0.3) is 0 Å². The van der Waals surface area contributed by atoms with Crippen LogP contribution in [0.5, 0.6) is 0 Å². The molecule has 134 valence electrons. The number of ether oxygens (including phenoxy) is 1. The highest BCUT2D eigenvalue weighted by molar-refractivity contribution is 8.04. The van der Waals surface area contributed by atoms with Crippen LogP contribution in [0.2, 0.25) is 10.0 Å². The minimum atomic E-state index is -0.824. The van der Waals surface area contributed by atoms with Crippen molar-refractivity contribution in [2.45, 2.75) is 19.9 Å². The summed E-state index contributed by atoms with van der Waals surface area (Å²) in [6.45, 7) is 3.49. The van der Waals surface area contributed by atoms with Gasteiger partial charge in [0.2, 0.25) is 11.8 Å². The molecule has 0 unspecified atom stereocenters. The van der Waals surface area contributed by atoms with E-state index in [9.17, 15) is 14.4 Å². The normalized spacial score (nSPS) is 16.9. The fourth-order valence-corrected chi connectivity index (χ4v) is 3.59. The highest BCUT2D eigenvalue weighted by Crippen LogP contribution is 2.32. The summed E-state index contributed by atoms with van der Waals surface area (Å²) in [5, 5.41) is 3.78. The zero-order chi connectivity index (χ0) is 18.6. The summed E-state index contributed by atoms with van der Waals surface area (Å²) in [7, 11) is 0. The van der Waals surface area contributed by atoms with Crippen molar-refractivity contribution in [1.82, 2.24) is 4.90 Å². The van der Waals surface area contributed by atoms with Gasteiger partial charge in [0.15, 0.2) is 0 Å². The molecule has 1 heterocycles. The fraction of sp³-hybridized carbons (Fsp3) is 0.312. The van der Waals surface area contributed by atoms with Crippen LogP contribution in [0.1, 0.15) is 13.8 Å². The van der Waals surface area contributed by atoms with Crippen LogP contribution < -0.4 is 5.32 Å². The van der Waals surface area contributed by atoms with E-state index >= 15 is 0 Å². The first-order valence-electron chi connectivity index (χ1n) is 7.42. The van der Waals surface area contributed by atoms with Crippen LogP contribution in [0, 0.1) is 0 Å². The molecule has 0 saturated carbocycles. The Kier molecular flexibility index (Phi) is 6.75. The number of thioether (sulfide) groups is 1. The average molecular weight is 403 g/mol. The maximum absolute atomic E-state index is 12.5. The van der Waals surface area contributed by atoms with E-state index in [0.29, 0.717) is 15.7 Å². The predicted octanol–water partition coefficient (Wildman–Crippen LogP) is 3.30. The van der Waals surface area contributed by atoms with Gasteiger partial charge in [0.05, 0.1) is 34.2 Å². The van der Waals surface area contributed by atoms with Crippen LogP contribution in [-0.4, -0.2) is 41.1 Å². The van der Waals surface area contributed by atoms with Gasteiger partial charge in [-0.15, -0.1) is 0 Å². The SMILES string of the molecule is CCOC(=O)/C=C1\SCC(=O)N1[C@@H](C)C(=O)Nc1ccc(Cl)cc1Cl. The minimum absolute atomic E-state index is 0.157. The summed E-state index contributed by atoms with van der Waals surface area (Å²) in [5.41, 5.74) is 0.387. The molecule has 0 aromatic heterocycles. The Balaban J connectivity index is 2.15. The lowest BCUT2D eigenvalue weighted by Gasteiger charge is -2.24. The number of carbonyl (C=O) groups excluding carboxylic acids is 3. The molecule has 0 bridgehead atoms. The van der Waals surface area contributed by atoms with Crippen molar-refractivity contribution in [2.75, 3.05) is 17.7 Å². The van der Waals surface area contributed by atoms with E-state index in [0.717, 1.165) is 0 Å². The molecule has 2 rings (SSSR count). The number of esters is 1. The zero-order valence-corrected chi connectivity index (χ0v) is 15.9. The number of rotatable bonds is 5. The lowest BCUT2D eigenvalue weighted by Crippen LogP contribution is -2.42. The minimum Gasteiger partial charge on any atom is -0.463 e. The molecule has 2 amide bonds. The fourth-order valence-electron chi connectivity index (χ4n) is 2.15. The summed E-state index contributed by atoms with van der Waals surface area (Å²) in [6, 6.07) is 3.85. The standard InChI is InChI=1S/C16H16Cl2N2O4S/c1-3-24-15(22)7-14-20(13(21)8-25-14)9(2)16(23)19-12-5-4-10(17)6-11(12)18/h4-7,9H,3,8H2,1-2H3,(H,19,23)/b14-7-/t9-/m0/s1. The Morgan fingerprint density at radius 1 is 1.44 bits per heavy atom. The second kappa shape index (κ2) is 8.60. The lowest BCUT2D eigenvalue weighted by atomic mass is 10.2. The van der Waals surface area contributed by atoms with Gasteiger partial charge in [-0.25, -0.2) is 4.79 Å². The quantitative estimate of drug-likeness (QED) is 0.603. The summed E-state index contributed by atoms with van der Waals surface area (Å²) in [6.07, 6.45) is 1.22. The number of amides is 2. The number of benzene rings is 1. The van der Waals surface area contributed by atoms with E-state index in [-0.39, 0.29) is 23.3 Å². The third kappa shape index (κ3) is 4.90. The van der Waals surface area contributed by atoms with Gasteiger partial charge in [-0.1, -0.05) is 35.0 Å². The van der Waals surface area contributed by atoms with E-state index in [1.165, 1.54) is 28.8 Å². The maximum Gasteiger partial charge on any atom is 0.333 e. The first-order valence-corrected chi connectivity index (χ1v) is 9.16. The van der Waals surface area contributed by atoms with Gasteiger partial charge in [0.1, 0.15) is 6.04 Å². The molecule has 0 spiro atoms. The van der Waals surface area contributed by atoms with Gasteiger partial charge < -0.3 is 10.1 Å². The topological polar surface area (TPSA) is 75.7 Å². The molecule has 1 fully saturated rings. The number of carbonyl (C=O) groups is 3. The summed E-state index contributed by atoms with van der Waals surface area (Å²) in [4.78, 5) is 37.5. The van der Waals surface area contributed by atoms with E-state index in [1.807, 2.05) is 0 Å². The largest absolute Gasteiger partial charge is 0.463 e. The second-order valence-corrected chi connectivity index (χ2v) is 6.92. The van der Waals surface area contributed by atoms with Crippen LogP contribution in [0.4, 0.5) is 5.69 Å². The molecule has 1 aromatic carbocycles. The van der Waals surface area contributed by atoms with Gasteiger partial charge in [-0.3, -0.25) is 14.5 Å². The molecule has 1 N–H and O–H groups in total. The third-order valence-electron chi connectivity index (χ3n) is 3.33. The number of halogens is 2. The second-order valence-electron chi connectivity index (χ2n) is 5.08. The van der Waals surface area contributed by atoms with Crippen LogP contribution >= 0.6 is 35.0 Å². The highest BCUT2D eigenvalue weighted by Gasteiger charge is 2.35. The summed E-state index contributed by atoms with van der Waals surface area (Å²) >= 11 is 13.1. The van der Waals surface area contributed by atoms with Gasteiger partial charge in [-0.2, -0.15) is 0 Å². The van der Waals surface area contributed by atoms with Gasteiger partial charge in [0.25, 0.3) is 0 Å². The van der Waals surface area contributed by atoms with Crippen molar-refractivity contribution in [2.24, 2.45) is 0 Å². The highest BCUT2D eigenvalue weighted by atomic mass is 35.5. The van der Waals surface area contributed by atoms with Crippen molar-refractivity contribution in [3.63, 3.8) is 0 Å². The Bertz CT molecular complexity index is 739. The monoisotopic (exact) mass is 402 g/mol. The van der Waals surface area contributed by atoms with E-state index in [1.54, 1.807) is 26.0 Å². The van der Waals surface area contributed by atoms with Crippen molar-refractivity contribution in [3.8, 4) is 0 Å². The molecule has 0 aliphatic carbocycles. The first kappa shape index (κ1) is 19.6. The van der Waals surface area contributed by atoms with Gasteiger partial charge in [-0.05, 0) is 32.0 Å². The Labute approximate surface area is 159 Å². The molecular formula is C16H16Cl2N2O4S. The van der Waals surface area contributed by atoms with Crippen LogP contribution in [0.15, 0.2) is 29.3 Å².